The fraction of sp³-hybridized carbons (Fsp3) is 0.235. The maximum absolute atomic E-state index is 12.2. The van der Waals surface area contributed by atoms with Gasteiger partial charge in [-0.15, -0.1) is 11.8 Å². The molecule has 0 atom stereocenters. The van der Waals surface area contributed by atoms with Gasteiger partial charge in [-0.3, -0.25) is 4.79 Å². The van der Waals surface area contributed by atoms with Gasteiger partial charge in [0.1, 0.15) is 5.75 Å². The van der Waals surface area contributed by atoms with Crippen molar-refractivity contribution >= 4 is 17.5 Å². The van der Waals surface area contributed by atoms with Crippen molar-refractivity contribution in [1.29, 1.82) is 0 Å². The summed E-state index contributed by atoms with van der Waals surface area (Å²) < 4.78 is 5.48. The predicted octanol–water partition coefficient (Wildman–Crippen LogP) is 4.37. The van der Waals surface area contributed by atoms with Crippen LogP contribution in [0.15, 0.2) is 53.4 Å². The Hall–Kier alpha value is -1.74. The minimum atomic E-state index is 0.144. The Bertz CT molecular complexity index is 579. The number of ketones is 1. The highest BCUT2D eigenvalue weighted by Gasteiger charge is 2.09. The molecule has 0 aliphatic heterocycles. The van der Waals surface area contributed by atoms with Crippen molar-refractivity contribution < 1.29 is 9.53 Å². The van der Waals surface area contributed by atoms with E-state index >= 15 is 0 Å². The topological polar surface area (TPSA) is 26.3 Å². The molecular formula is C17H18O2S. The fourth-order valence-corrected chi connectivity index (χ4v) is 2.70. The Kier molecular flexibility index (Phi) is 5.24. The van der Waals surface area contributed by atoms with E-state index in [4.69, 9.17) is 4.74 Å². The van der Waals surface area contributed by atoms with E-state index in [-0.39, 0.29) is 5.78 Å². The molecule has 0 fully saturated rings. The van der Waals surface area contributed by atoms with Crippen LogP contribution in [0.4, 0.5) is 0 Å². The number of carbonyl (C=O) groups excluding carboxylic acids is 1. The zero-order valence-corrected chi connectivity index (χ0v) is 12.6. The van der Waals surface area contributed by atoms with Gasteiger partial charge in [-0.05, 0) is 49.7 Å². The molecule has 0 bridgehead atoms. The summed E-state index contributed by atoms with van der Waals surface area (Å²) in [6, 6.07) is 15.6. The Labute approximate surface area is 124 Å². The van der Waals surface area contributed by atoms with Crippen molar-refractivity contribution in [1.82, 2.24) is 0 Å². The summed E-state index contributed by atoms with van der Waals surface area (Å²) in [6.45, 7) is 4.55. The van der Waals surface area contributed by atoms with Crippen molar-refractivity contribution in [3.63, 3.8) is 0 Å². The minimum Gasteiger partial charge on any atom is -0.494 e. The van der Waals surface area contributed by atoms with E-state index in [1.54, 1.807) is 11.8 Å². The van der Waals surface area contributed by atoms with Gasteiger partial charge in [0.2, 0.25) is 0 Å². The lowest BCUT2D eigenvalue weighted by molar-refractivity contribution is 0.102. The maximum Gasteiger partial charge on any atom is 0.173 e. The molecule has 0 aliphatic carbocycles. The molecule has 0 aromatic heterocycles. The fourth-order valence-electron chi connectivity index (χ4n) is 1.89. The largest absolute Gasteiger partial charge is 0.494 e. The summed E-state index contributed by atoms with van der Waals surface area (Å²) in [6.07, 6.45) is 0. The number of aryl methyl sites for hydroxylation is 1. The first kappa shape index (κ1) is 14.7. The maximum atomic E-state index is 12.2. The monoisotopic (exact) mass is 286 g/mol. The molecule has 0 saturated carbocycles. The van der Waals surface area contributed by atoms with E-state index in [0.29, 0.717) is 12.4 Å². The summed E-state index contributed by atoms with van der Waals surface area (Å²) >= 11 is 1.56. The summed E-state index contributed by atoms with van der Waals surface area (Å²) in [7, 11) is 0. The average molecular weight is 286 g/mol. The highest BCUT2D eigenvalue weighted by Crippen LogP contribution is 2.22. The molecule has 2 aromatic rings. The smallest absolute Gasteiger partial charge is 0.173 e. The van der Waals surface area contributed by atoms with Crippen LogP contribution in [0.3, 0.4) is 0 Å². The first-order valence-corrected chi connectivity index (χ1v) is 7.63. The van der Waals surface area contributed by atoms with E-state index < -0.39 is 0 Å². The third-order valence-electron chi connectivity index (χ3n) is 2.91. The molecule has 2 nitrogen and oxygen atoms in total. The van der Waals surface area contributed by atoms with Crippen molar-refractivity contribution in [3.05, 3.63) is 59.7 Å². The van der Waals surface area contributed by atoms with E-state index in [9.17, 15) is 4.79 Å². The zero-order valence-electron chi connectivity index (χ0n) is 11.8. The molecule has 0 unspecified atom stereocenters. The van der Waals surface area contributed by atoms with Crippen LogP contribution in [-0.4, -0.2) is 18.1 Å². The molecule has 20 heavy (non-hydrogen) atoms. The van der Waals surface area contributed by atoms with E-state index in [1.807, 2.05) is 62.4 Å². The van der Waals surface area contributed by atoms with Crippen LogP contribution in [0.1, 0.15) is 22.8 Å². The number of benzene rings is 2. The van der Waals surface area contributed by atoms with E-state index in [0.717, 1.165) is 21.8 Å². The molecule has 0 amide bonds. The van der Waals surface area contributed by atoms with Crippen LogP contribution >= 0.6 is 11.8 Å². The molecule has 0 heterocycles. The van der Waals surface area contributed by atoms with Crippen LogP contribution in [0.25, 0.3) is 0 Å². The minimum absolute atomic E-state index is 0.144. The Morgan fingerprint density at radius 3 is 2.55 bits per heavy atom. The van der Waals surface area contributed by atoms with Crippen LogP contribution < -0.4 is 4.74 Å². The molecule has 2 rings (SSSR count). The molecular weight excluding hydrogens is 268 g/mol. The lowest BCUT2D eigenvalue weighted by Gasteiger charge is -2.08. The van der Waals surface area contributed by atoms with Gasteiger partial charge in [-0.25, -0.2) is 0 Å². The van der Waals surface area contributed by atoms with Gasteiger partial charge in [-0.1, -0.05) is 18.2 Å². The van der Waals surface area contributed by atoms with Gasteiger partial charge in [-0.2, -0.15) is 0 Å². The summed E-state index contributed by atoms with van der Waals surface area (Å²) in [5, 5.41) is 0. The van der Waals surface area contributed by atoms with Gasteiger partial charge in [0, 0.05) is 10.5 Å². The van der Waals surface area contributed by atoms with Crippen molar-refractivity contribution in [2.24, 2.45) is 0 Å². The number of Topliss-reactive ketones (excluding diaryl/α,β-unsaturated/α-hetero) is 1. The first-order valence-electron chi connectivity index (χ1n) is 6.65. The van der Waals surface area contributed by atoms with Crippen LogP contribution in [0.2, 0.25) is 0 Å². The highest BCUT2D eigenvalue weighted by molar-refractivity contribution is 8.00. The Balaban J connectivity index is 2.00. The average Bonchev–Trinajstić information content (AvgIpc) is 2.48. The van der Waals surface area contributed by atoms with Crippen LogP contribution in [0, 0.1) is 6.92 Å². The normalized spacial score (nSPS) is 10.3. The highest BCUT2D eigenvalue weighted by atomic mass is 32.2. The molecule has 0 aliphatic rings. The quantitative estimate of drug-likeness (QED) is 0.582. The number of rotatable bonds is 6. The third kappa shape index (κ3) is 3.87. The molecule has 0 spiro atoms. The summed E-state index contributed by atoms with van der Waals surface area (Å²) in [4.78, 5) is 13.3. The Morgan fingerprint density at radius 1 is 1.15 bits per heavy atom. The van der Waals surface area contributed by atoms with Gasteiger partial charge < -0.3 is 4.74 Å². The standard InChI is InChI=1S/C17H18O2S/c1-3-19-17-10-9-14(11-13(17)2)16(18)12-20-15-7-5-4-6-8-15/h4-11H,3,12H2,1-2H3. The summed E-state index contributed by atoms with van der Waals surface area (Å²) in [5.74, 6) is 1.45. The number of hydrogen-bond acceptors (Lipinski definition) is 3. The van der Waals surface area contributed by atoms with E-state index in [2.05, 4.69) is 0 Å². The van der Waals surface area contributed by atoms with Crippen LogP contribution in [0.5, 0.6) is 5.75 Å². The second-order valence-electron chi connectivity index (χ2n) is 4.44. The van der Waals surface area contributed by atoms with Crippen molar-refractivity contribution in [2.45, 2.75) is 18.7 Å². The molecule has 104 valence electrons. The molecule has 3 heteroatoms. The SMILES string of the molecule is CCOc1ccc(C(=O)CSc2ccccc2)cc1C. The van der Waals surface area contributed by atoms with Crippen molar-refractivity contribution in [3.8, 4) is 5.75 Å². The lowest BCUT2D eigenvalue weighted by Crippen LogP contribution is -2.03. The number of carbonyl (C=O) groups is 1. The second kappa shape index (κ2) is 7.15. The lowest BCUT2D eigenvalue weighted by atomic mass is 10.1. The first-order chi connectivity index (χ1) is 9.70. The Morgan fingerprint density at radius 2 is 1.90 bits per heavy atom. The number of thioether (sulfide) groups is 1. The van der Waals surface area contributed by atoms with Gasteiger partial charge in [0.05, 0.1) is 12.4 Å². The zero-order chi connectivity index (χ0) is 14.4. The van der Waals surface area contributed by atoms with Gasteiger partial charge in [0.25, 0.3) is 0 Å². The molecule has 0 saturated heterocycles. The number of hydrogen-bond donors (Lipinski definition) is 0. The predicted molar refractivity (Wildman–Crippen MR) is 83.8 cm³/mol. The summed E-state index contributed by atoms with van der Waals surface area (Å²) in [5.41, 5.74) is 1.75. The van der Waals surface area contributed by atoms with Gasteiger partial charge >= 0.3 is 0 Å². The molecule has 0 radical (unpaired) electrons. The van der Waals surface area contributed by atoms with Crippen molar-refractivity contribution in [2.75, 3.05) is 12.4 Å². The van der Waals surface area contributed by atoms with E-state index in [1.165, 1.54) is 0 Å². The van der Waals surface area contributed by atoms with Gasteiger partial charge in [0.15, 0.2) is 5.78 Å². The third-order valence-corrected chi connectivity index (χ3v) is 3.92. The molecule has 0 N–H and O–H groups in total. The second-order valence-corrected chi connectivity index (χ2v) is 5.49. The number of ether oxygens (including phenoxy) is 1. The van der Waals surface area contributed by atoms with Crippen LogP contribution in [-0.2, 0) is 0 Å². The molecule has 2 aromatic carbocycles.